The van der Waals surface area contributed by atoms with Crippen LogP contribution in [-0.2, 0) is 22.0 Å². The Labute approximate surface area is 164 Å². The molecular weight excluding hydrogens is 389 g/mol. The average Bonchev–Trinajstić information content (AvgIpc) is 3.09. The van der Waals surface area contributed by atoms with Gasteiger partial charge in [0.1, 0.15) is 11.6 Å². The molecule has 1 saturated heterocycles. The fourth-order valence-corrected chi connectivity index (χ4v) is 3.53. The molecule has 1 aliphatic heterocycles. The molecule has 1 aromatic heterocycles. The number of carbonyl (C=O) groups is 1. The fourth-order valence-electron chi connectivity index (χ4n) is 2.86. The lowest BCUT2D eigenvalue weighted by Crippen LogP contribution is -2.46. The Bertz CT molecular complexity index is 854. The predicted molar refractivity (Wildman–Crippen MR) is 102 cm³/mol. The minimum atomic E-state index is -1.41. The van der Waals surface area contributed by atoms with Crippen molar-refractivity contribution >= 4 is 28.8 Å². The summed E-state index contributed by atoms with van der Waals surface area (Å²) in [5.41, 5.74) is 0.935. The first kappa shape index (κ1) is 20.4. The fraction of sp³-hybridized carbons (Fsp3) is 0.412. The van der Waals surface area contributed by atoms with E-state index in [9.17, 15) is 13.4 Å². The van der Waals surface area contributed by atoms with E-state index in [-0.39, 0.29) is 11.5 Å². The lowest BCUT2D eigenvalue weighted by Gasteiger charge is -2.32. The van der Waals surface area contributed by atoms with Gasteiger partial charge in [-0.15, -0.1) is 0 Å². The molecule has 1 aromatic carbocycles. The van der Waals surface area contributed by atoms with Gasteiger partial charge in [-0.1, -0.05) is 11.2 Å². The van der Waals surface area contributed by atoms with E-state index in [0.717, 1.165) is 5.56 Å². The molecule has 1 aliphatic rings. The van der Waals surface area contributed by atoms with Gasteiger partial charge in [0.2, 0.25) is 11.3 Å². The number of rotatable bonds is 6. The number of carbonyl (C=O) groups excluding carboxylic acids is 1. The summed E-state index contributed by atoms with van der Waals surface area (Å²) in [5, 5.41) is 8.62. The second kappa shape index (κ2) is 9.24. The molecule has 2 aromatic rings. The number of aromatic nitrogens is 1. The highest BCUT2D eigenvalue weighted by Crippen LogP contribution is 2.19. The summed E-state index contributed by atoms with van der Waals surface area (Å²) in [6.45, 7) is 4.94. The van der Waals surface area contributed by atoms with Gasteiger partial charge in [0, 0.05) is 38.8 Å². The van der Waals surface area contributed by atoms with Gasteiger partial charge in [-0.05, 0) is 24.6 Å². The number of amides is 2. The molecule has 0 spiro atoms. The molecule has 1 atom stereocenters. The predicted octanol–water partition coefficient (Wildman–Crippen LogP) is 2.11. The van der Waals surface area contributed by atoms with Crippen molar-refractivity contribution in [2.24, 2.45) is 0 Å². The molecule has 2 heterocycles. The van der Waals surface area contributed by atoms with E-state index in [1.165, 1.54) is 13.2 Å². The molecular formula is C17H22FN5O4S. The smallest absolute Gasteiger partial charge is 0.325 e. The summed E-state index contributed by atoms with van der Waals surface area (Å²) in [7, 11) is 1.41. The van der Waals surface area contributed by atoms with Gasteiger partial charge < -0.3 is 9.84 Å². The maximum absolute atomic E-state index is 14.1. The number of urea groups is 1. The van der Waals surface area contributed by atoms with Crippen LogP contribution in [0.3, 0.4) is 0 Å². The SMILES string of the molecule is COS(=O)N1CCN(Cc2ccc(F)c(NC(=O)Nc3cc(C)on3)c2)CC1. The van der Waals surface area contributed by atoms with Gasteiger partial charge in [-0.3, -0.25) is 14.4 Å². The summed E-state index contributed by atoms with van der Waals surface area (Å²) in [5.74, 6) is 0.270. The standard InChI is InChI=1S/C17H22FN5O4S/c1-12-9-16(21-27-12)20-17(24)19-15-10-13(3-4-14(15)18)11-22-5-7-23(8-6-22)28(25)26-2/h3-4,9-10H,5-8,11H2,1-2H3,(H2,19,20,21,24). The van der Waals surface area contributed by atoms with Gasteiger partial charge in [-0.2, -0.15) is 4.31 Å². The van der Waals surface area contributed by atoms with Crippen molar-refractivity contribution in [1.82, 2.24) is 14.4 Å². The highest BCUT2D eigenvalue weighted by atomic mass is 32.2. The van der Waals surface area contributed by atoms with E-state index in [1.54, 1.807) is 29.4 Å². The normalized spacial score (nSPS) is 16.7. The van der Waals surface area contributed by atoms with Crippen molar-refractivity contribution in [3.8, 4) is 0 Å². The number of hydrogen-bond acceptors (Lipinski definition) is 6. The third-order valence-corrected chi connectivity index (χ3v) is 5.31. The zero-order chi connectivity index (χ0) is 20.1. The summed E-state index contributed by atoms with van der Waals surface area (Å²) < 4.78 is 37.2. The van der Waals surface area contributed by atoms with Gasteiger partial charge >= 0.3 is 6.03 Å². The van der Waals surface area contributed by atoms with E-state index >= 15 is 0 Å². The number of nitrogens with zero attached hydrogens (tertiary/aromatic N) is 3. The van der Waals surface area contributed by atoms with Gasteiger partial charge in [-0.25, -0.2) is 13.4 Å². The minimum absolute atomic E-state index is 0.0781. The first-order valence-corrected chi connectivity index (χ1v) is 9.71. The van der Waals surface area contributed by atoms with Gasteiger partial charge in [0.25, 0.3) is 0 Å². The molecule has 0 radical (unpaired) electrons. The molecule has 1 fully saturated rings. The van der Waals surface area contributed by atoms with Crippen LogP contribution < -0.4 is 10.6 Å². The topological polar surface area (TPSA) is 99.9 Å². The van der Waals surface area contributed by atoms with Crippen molar-refractivity contribution in [1.29, 1.82) is 0 Å². The Hall–Kier alpha value is -2.34. The minimum Gasteiger partial charge on any atom is -0.360 e. The van der Waals surface area contributed by atoms with E-state index in [4.69, 9.17) is 8.71 Å². The number of piperazine rings is 1. The Morgan fingerprint density at radius 2 is 2.04 bits per heavy atom. The van der Waals surface area contributed by atoms with E-state index in [1.807, 2.05) is 0 Å². The highest BCUT2D eigenvalue weighted by molar-refractivity contribution is 7.77. The number of benzene rings is 1. The monoisotopic (exact) mass is 411 g/mol. The molecule has 3 rings (SSSR count). The van der Waals surface area contributed by atoms with Crippen LogP contribution in [0, 0.1) is 12.7 Å². The van der Waals surface area contributed by atoms with E-state index < -0.39 is 23.1 Å². The van der Waals surface area contributed by atoms with Crippen molar-refractivity contribution in [3.63, 3.8) is 0 Å². The number of anilines is 2. The van der Waals surface area contributed by atoms with Gasteiger partial charge in [0.05, 0.1) is 12.8 Å². The molecule has 152 valence electrons. The first-order chi connectivity index (χ1) is 13.4. The molecule has 28 heavy (non-hydrogen) atoms. The second-order valence-electron chi connectivity index (χ2n) is 6.31. The molecule has 9 nitrogen and oxygen atoms in total. The summed E-state index contributed by atoms with van der Waals surface area (Å²) in [4.78, 5) is 14.2. The number of nitrogens with one attached hydrogen (secondary N) is 2. The molecule has 11 heteroatoms. The van der Waals surface area contributed by atoms with E-state index in [2.05, 4.69) is 20.7 Å². The van der Waals surface area contributed by atoms with Crippen molar-refractivity contribution in [3.05, 3.63) is 41.4 Å². The summed E-state index contributed by atoms with van der Waals surface area (Å²) in [6.07, 6.45) is 0. The van der Waals surface area contributed by atoms with Crippen LogP contribution in [0.25, 0.3) is 0 Å². The van der Waals surface area contributed by atoms with Crippen LogP contribution in [0.15, 0.2) is 28.8 Å². The van der Waals surface area contributed by atoms with Gasteiger partial charge in [0.15, 0.2) is 5.82 Å². The Kier molecular flexibility index (Phi) is 6.73. The molecule has 0 aliphatic carbocycles. The van der Waals surface area contributed by atoms with Crippen LogP contribution in [0.1, 0.15) is 11.3 Å². The molecule has 0 saturated carbocycles. The lowest BCUT2D eigenvalue weighted by molar-refractivity contribution is 0.177. The maximum atomic E-state index is 14.1. The molecule has 0 bridgehead atoms. The molecule has 2 amide bonds. The van der Waals surface area contributed by atoms with Crippen molar-refractivity contribution < 1.29 is 22.1 Å². The maximum Gasteiger partial charge on any atom is 0.325 e. The Balaban J connectivity index is 1.57. The second-order valence-corrected chi connectivity index (χ2v) is 7.59. The molecule has 2 N–H and O–H groups in total. The van der Waals surface area contributed by atoms with Crippen LogP contribution in [0.4, 0.5) is 20.7 Å². The summed E-state index contributed by atoms with van der Waals surface area (Å²) in [6, 6.07) is 5.55. The highest BCUT2D eigenvalue weighted by Gasteiger charge is 2.21. The zero-order valence-electron chi connectivity index (χ0n) is 15.6. The number of hydrogen-bond donors (Lipinski definition) is 2. The van der Waals surface area contributed by atoms with Crippen molar-refractivity contribution in [2.45, 2.75) is 13.5 Å². The third kappa shape index (κ3) is 5.35. The molecule has 1 unspecified atom stereocenters. The van der Waals surface area contributed by atoms with E-state index in [0.29, 0.717) is 38.5 Å². The van der Waals surface area contributed by atoms with Crippen molar-refractivity contribution in [2.75, 3.05) is 43.9 Å². The average molecular weight is 411 g/mol. The van der Waals surface area contributed by atoms with Crippen LogP contribution in [0.5, 0.6) is 0 Å². The van der Waals surface area contributed by atoms with Crippen LogP contribution in [-0.4, -0.2) is 57.9 Å². The third-order valence-electron chi connectivity index (χ3n) is 4.24. The zero-order valence-corrected chi connectivity index (χ0v) is 16.4. The summed E-state index contributed by atoms with van der Waals surface area (Å²) >= 11 is -1.41. The number of aryl methyl sites for hydroxylation is 1. The largest absolute Gasteiger partial charge is 0.360 e. The Morgan fingerprint density at radius 1 is 1.29 bits per heavy atom. The quantitative estimate of drug-likeness (QED) is 0.755. The van der Waals surface area contributed by atoms with Crippen LogP contribution in [0.2, 0.25) is 0 Å². The Morgan fingerprint density at radius 3 is 2.68 bits per heavy atom. The lowest BCUT2D eigenvalue weighted by atomic mass is 10.1. The first-order valence-electron chi connectivity index (χ1n) is 8.68. The van der Waals surface area contributed by atoms with Crippen LogP contribution >= 0.6 is 0 Å². The number of halogens is 1.